The highest BCUT2D eigenvalue weighted by Crippen LogP contribution is 2.10. The Kier molecular flexibility index (Phi) is 12.6. The van der Waals surface area contributed by atoms with Gasteiger partial charge in [-0.25, -0.2) is 4.79 Å². The molecule has 0 aromatic heterocycles. The maximum Gasteiger partial charge on any atom is 0.411 e. The molecule has 0 spiro atoms. The number of amides is 1. The summed E-state index contributed by atoms with van der Waals surface area (Å²) in [7, 11) is 5.27. The fourth-order valence-corrected chi connectivity index (χ4v) is 2.93. The molecule has 0 heterocycles. The standard InChI is InChI=1S/C23H33N5O2.HI/c1-18(28(3)17-20-8-6-5-7-9-20)14-15-25-22(24-2)26-16-19-10-12-21(13-11-19)27-23(29)30-4;/h5-13,18H,14-17H2,1-4H3,(H,27,29)(H2,24,25,26);1H. The number of methoxy groups -OCH3 is 1. The zero-order valence-electron chi connectivity index (χ0n) is 18.7. The first-order chi connectivity index (χ1) is 14.5. The third kappa shape index (κ3) is 10.0. The van der Waals surface area contributed by atoms with Crippen LogP contribution in [0.5, 0.6) is 0 Å². The van der Waals surface area contributed by atoms with Crippen molar-refractivity contribution in [3.05, 3.63) is 65.7 Å². The number of nitrogens with zero attached hydrogens (tertiary/aromatic N) is 2. The number of rotatable bonds is 9. The summed E-state index contributed by atoms with van der Waals surface area (Å²) in [6.07, 6.45) is 0.534. The molecule has 0 saturated carbocycles. The van der Waals surface area contributed by atoms with Gasteiger partial charge in [-0.1, -0.05) is 42.5 Å². The van der Waals surface area contributed by atoms with Crippen LogP contribution in [-0.2, 0) is 17.8 Å². The first-order valence-corrected chi connectivity index (χ1v) is 10.1. The van der Waals surface area contributed by atoms with E-state index in [0.717, 1.165) is 31.0 Å². The summed E-state index contributed by atoms with van der Waals surface area (Å²) in [5, 5.41) is 9.32. The van der Waals surface area contributed by atoms with Crippen LogP contribution in [0.15, 0.2) is 59.6 Å². The fourth-order valence-electron chi connectivity index (χ4n) is 2.93. The molecule has 0 aliphatic carbocycles. The third-order valence-electron chi connectivity index (χ3n) is 4.95. The van der Waals surface area contributed by atoms with Crippen LogP contribution >= 0.6 is 24.0 Å². The van der Waals surface area contributed by atoms with Crippen LogP contribution in [0.2, 0.25) is 0 Å². The largest absolute Gasteiger partial charge is 0.453 e. The number of carbonyl (C=O) groups is 1. The Morgan fingerprint density at radius 1 is 1.06 bits per heavy atom. The summed E-state index contributed by atoms with van der Waals surface area (Å²) in [6, 6.07) is 18.6. The van der Waals surface area contributed by atoms with Crippen molar-refractivity contribution in [2.24, 2.45) is 4.99 Å². The summed E-state index contributed by atoms with van der Waals surface area (Å²) in [5.41, 5.74) is 3.11. The predicted molar refractivity (Wildman–Crippen MR) is 138 cm³/mol. The number of hydrogen-bond donors (Lipinski definition) is 3. The monoisotopic (exact) mass is 539 g/mol. The van der Waals surface area contributed by atoms with E-state index >= 15 is 0 Å². The van der Waals surface area contributed by atoms with E-state index in [4.69, 9.17) is 0 Å². The van der Waals surface area contributed by atoms with Crippen molar-refractivity contribution in [2.75, 3.05) is 33.1 Å². The SMILES string of the molecule is CN=C(NCCC(C)N(C)Cc1ccccc1)NCc1ccc(NC(=O)OC)cc1.I. The van der Waals surface area contributed by atoms with Gasteiger partial charge >= 0.3 is 6.09 Å². The van der Waals surface area contributed by atoms with Crippen molar-refractivity contribution < 1.29 is 9.53 Å². The minimum atomic E-state index is -0.478. The molecule has 0 radical (unpaired) electrons. The van der Waals surface area contributed by atoms with E-state index in [1.54, 1.807) is 7.05 Å². The van der Waals surface area contributed by atoms with Gasteiger partial charge in [-0.05, 0) is 43.7 Å². The van der Waals surface area contributed by atoms with E-state index in [0.29, 0.717) is 18.3 Å². The Labute approximate surface area is 202 Å². The Morgan fingerprint density at radius 2 is 1.74 bits per heavy atom. The van der Waals surface area contributed by atoms with Crippen LogP contribution in [0.4, 0.5) is 10.5 Å². The van der Waals surface area contributed by atoms with Crippen LogP contribution in [0.25, 0.3) is 0 Å². The average molecular weight is 539 g/mol. The van der Waals surface area contributed by atoms with Gasteiger partial charge in [0.15, 0.2) is 5.96 Å². The summed E-state index contributed by atoms with van der Waals surface area (Å²) in [4.78, 5) is 17.9. The second kappa shape index (κ2) is 14.6. The average Bonchev–Trinajstić information content (AvgIpc) is 2.77. The number of carbonyl (C=O) groups excluding carboxylic acids is 1. The van der Waals surface area contributed by atoms with Crippen LogP contribution in [0, 0.1) is 0 Å². The molecule has 2 rings (SSSR count). The molecule has 2 aromatic carbocycles. The first-order valence-electron chi connectivity index (χ1n) is 10.1. The molecule has 8 heteroatoms. The van der Waals surface area contributed by atoms with E-state index < -0.39 is 6.09 Å². The van der Waals surface area contributed by atoms with Gasteiger partial charge in [0.1, 0.15) is 0 Å². The minimum absolute atomic E-state index is 0. The summed E-state index contributed by atoms with van der Waals surface area (Å²) in [5.74, 6) is 0.768. The molecule has 1 amide bonds. The van der Waals surface area contributed by atoms with Gasteiger partial charge in [-0.3, -0.25) is 15.2 Å². The number of guanidine groups is 1. The highest BCUT2D eigenvalue weighted by molar-refractivity contribution is 14.0. The van der Waals surface area contributed by atoms with Crippen LogP contribution in [0.1, 0.15) is 24.5 Å². The molecule has 0 aliphatic rings. The molecule has 2 aromatic rings. The number of anilines is 1. The van der Waals surface area contributed by atoms with E-state index in [1.807, 2.05) is 30.3 Å². The number of benzene rings is 2. The van der Waals surface area contributed by atoms with Gasteiger partial charge in [0, 0.05) is 38.4 Å². The molecule has 1 unspecified atom stereocenters. The van der Waals surface area contributed by atoms with Crippen LogP contribution in [0.3, 0.4) is 0 Å². The topological polar surface area (TPSA) is 78.0 Å². The molecule has 7 nitrogen and oxygen atoms in total. The maximum absolute atomic E-state index is 11.2. The molecule has 0 aliphatic heterocycles. The lowest BCUT2D eigenvalue weighted by molar-refractivity contribution is 0.187. The Morgan fingerprint density at radius 3 is 2.35 bits per heavy atom. The highest BCUT2D eigenvalue weighted by atomic mass is 127. The van der Waals surface area contributed by atoms with Crippen molar-refractivity contribution in [3.63, 3.8) is 0 Å². The van der Waals surface area contributed by atoms with Gasteiger partial charge in [0.25, 0.3) is 0 Å². The Balaban J connectivity index is 0.00000480. The molecular weight excluding hydrogens is 505 g/mol. The lowest BCUT2D eigenvalue weighted by atomic mass is 10.1. The molecule has 0 bridgehead atoms. The van der Waals surface area contributed by atoms with Crippen molar-refractivity contribution in [3.8, 4) is 0 Å². The number of ether oxygens (including phenoxy) is 1. The Bertz CT molecular complexity index is 799. The summed E-state index contributed by atoms with van der Waals surface area (Å²) in [6.45, 7) is 4.66. The normalized spacial score (nSPS) is 12.0. The molecule has 3 N–H and O–H groups in total. The van der Waals surface area contributed by atoms with E-state index in [9.17, 15) is 4.79 Å². The zero-order chi connectivity index (χ0) is 21.8. The van der Waals surface area contributed by atoms with E-state index in [1.165, 1.54) is 12.7 Å². The van der Waals surface area contributed by atoms with Gasteiger partial charge in [-0.15, -0.1) is 24.0 Å². The molecule has 0 saturated heterocycles. The van der Waals surface area contributed by atoms with Crippen LogP contribution in [-0.4, -0.2) is 50.7 Å². The predicted octanol–water partition coefficient (Wildman–Crippen LogP) is 4.06. The van der Waals surface area contributed by atoms with Gasteiger partial charge < -0.3 is 15.4 Å². The van der Waals surface area contributed by atoms with Crippen molar-refractivity contribution in [1.82, 2.24) is 15.5 Å². The molecule has 1 atom stereocenters. The lowest BCUT2D eigenvalue weighted by Crippen LogP contribution is -2.39. The Hall–Kier alpha value is -2.33. The highest BCUT2D eigenvalue weighted by Gasteiger charge is 2.10. The maximum atomic E-state index is 11.2. The van der Waals surface area contributed by atoms with Crippen molar-refractivity contribution in [2.45, 2.75) is 32.5 Å². The molecule has 170 valence electrons. The number of aliphatic imine (C=N–C) groups is 1. The second-order valence-electron chi connectivity index (χ2n) is 7.20. The first kappa shape index (κ1) is 26.7. The lowest BCUT2D eigenvalue weighted by Gasteiger charge is -2.25. The van der Waals surface area contributed by atoms with E-state index in [2.05, 4.69) is 68.8 Å². The quantitative estimate of drug-likeness (QED) is 0.255. The molecular formula is C23H34IN5O2. The smallest absolute Gasteiger partial charge is 0.411 e. The van der Waals surface area contributed by atoms with Gasteiger partial charge in [0.2, 0.25) is 0 Å². The van der Waals surface area contributed by atoms with Gasteiger partial charge in [0.05, 0.1) is 7.11 Å². The number of hydrogen-bond acceptors (Lipinski definition) is 4. The molecule has 0 fully saturated rings. The third-order valence-corrected chi connectivity index (χ3v) is 4.95. The van der Waals surface area contributed by atoms with Gasteiger partial charge in [-0.2, -0.15) is 0 Å². The van der Waals surface area contributed by atoms with Crippen molar-refractivity contribution >= 4 is 41.7 Å². The summed E-state index contributed by atoms with van der Waals surface area (Å²) < 4.78 is 4.59. The van der Waals surface area contributed by atoms with E-state index in [-0.39, 0.29) is 24.0 Å². The molecule has 31 heavy (non-hydrogen) atoms. The summed E-state index contributed by atoms with van der Waals surface area (Å²) >= 11 is 0. The second-order valence-corrected chi connectivity index (χ2v) is 7.20. The zero-order valence-corrected chi connectivity index (χ0v) is 21.1. The van der Waals surface area contributed by atoms with Crippen LogP contribution < -0.4 is 16.0 Å². The number of nitrogens with one attached hydrogen (secondary N) is 3. The fraction of sp³-hybridized carbons (Fsp3) is 0.391. The number of halogens is 1. The van der Waals surface area contributed by atoms with Crippen molar-refractivity contribution in [1.29, 1.82) is 0 Å². The minimum Gasteiger partial charge on any atom is -0.453 e.